The zero-order valence-corrected chi connectivity index (χ0v) is 12.5. The predicted molar refractivity (Wildman–Crippen MR) is 77.9 cm³/mol. The first-order valence-electron chi connectivity index (χ1n) is 7.00. The summed E-state index contributed by atoms with van der Waals surface area (Å²) >= 11 is 1.77. The molecule has 2 atom stereocenters. The summed E-state index contributed by atoms with van der Waals surface area (Å²) in [6.45, 7) is 9.07. The van der Waals surface area contributed by atoms with Crippen molar-refractivity contribution in [3.63, 3.8) is 0 Å². The first kappa shape index (κ1) is 14.0. The molecule has 2 rings (SSSR count). The van der Waals surface area contributed by atoms with Gasteiger partial charge < -0.3 is 10.6 Å². The summed E-state index contributed by atoms with van der Waals surface area (Å²) < 4.78 is 0. The molecular weight excluding hydrogens is 242 g/mol. The largest absolute Gasteiger partial charge is 0.323 e. The fraction of sp³-hybridized carbons (Fsp3) is 0.786. The SMILES string of the molecule is CC(N)c1csc(CC2CCCN(C(C)C)C2)n1. The number of nitrogens with two attached hydrogens (primary N) is 1. The minimum Gasteiger partial charge on any atom is -0.323 e. The molecule has 1 saturated heterocycles. The molecule has 0 aromatic carbocycles. The van der Waals surface area contributed by atoms with Gasteiger partial charge in [-0.05, 0) is 46.1 Å². The van der Waals surface area contributed by atoms with Crippen LogP contribution in [0.4, 0.5) is 0 Å². The molecule has 2 N–H and O–H groups in total. The van der Waals surface area contributed by atoms with Gasteiger partial charge in [0.25, 0.3) is 0 Å². The van der Waals surface area contributed by atoms with E-state index in [-0.39, 0.29) is 6.04 Å². The summed E-state index contributed by atoms with van der Waals surface area (Å²) in [7, 11) is 0. The fourth-order valence-electron chi connectivity index (χ4n) is 2.61. The lowest BCUT2D eigenvalue weighted by atomic mass is 9.94. The Labute approximate surface area is 114 Å². The monoisotopic (exact) mass is 267 g/mol. The fourth-order valence-corrected chi connectivity index (χ4v) is 3.62. The zero-order chi connectivity index (χ0) is 13.1. The number of likely N-dealkylation sites (tertiary alicyclic amines) is 1. The van der Waals surface area contributed by atoms with Crippen LogP contribution in [-0.4, -0.2) is 29.0 Å². The average Bonchev–Trinajstić information content (AvgIpc) is 2.78. The molecule has 1 fully saturated rings. The van der Waals surface area contributed by atoms with Crippen LogP contribution < -0.4 is 5.73 Å². The highest BCUT2D eigenvalue weighted by Crippen LogP contribution is 2.24. The second-order valence-electron chi connectivity index (χ2n) is 5.76. The molecule has 0 aliphatic carbocycles. The van der Waals surface area contributed by atoms with Crippen LogP contribution in [0.3, 0.4) is 0 Å². The van der Waals surface area contributed by atoms with E-state index in [0.717, 1.165) is 18.0 Å². The maximum atomic E-state index is 5.86. The van der Waals surface area contributed by atoms with Crippen LogP contribution in [0.1, 0.15) is 50.4 Å². The molecule has 0 spiro atoms. The van der Waals surface area contributed by atoms with Crippen LogP contribution in [0, 0.1) is 5.92 Å². The normalized spacial score (nSPS) is 23.5. The third kappa shape index (κ3) is 3.53. The smallest absolute Gasteiger partial charge is 0.0932 e. The van der Waals surface area contributed by atoms with Gasteiger partial charge in [0.15, 0.2) is 0 Å². The molecule has 1 aromatic rings. The highest BCUT2D eigenvalue weighted by Gasteiger charge is 2.22. The quantitative estimate of drug-likeness (QED) is 0.912. The van der Waals surface area contributed by atoms with Crippen molar-refractivity contribution in [1.82, 2.24) is 9.88 Å². The van der Waals surface area contributed by atoms with Gasteiger partial charge in [-0.1, -0.05) is 0 Å². The van der Waals surface area contributed by atoms with Crippen molar-refractivity contribution in [2.45, 2.75) is 52.1 Å². The summed E-state index contributed by atoms with van der Waals surface area (Å²) in [5.41, 5.74) is 6.91. The lowest BCUT2D eigenvalue weighted by Gasteiger charge is -2.35. The van der Waals surface area contributed by atoms with E-state index in [1.807, 2.05) is 6.92 Å². The number of piperidine rings is 1. The predicted octanol–water partition coefficient (Wildman–Crippen LogP) is 2.83. The number of thiazole rings is 1. The van der Waals surface area contributed by atoms with E-state index in [0.29, 0.717) is 6.04 Å². The minimum absolute atomic E-state index is 0.0634. The first-order valence-corrected chi connectivity index (χ1v) is 7.88. The lowest BCUT2D eigenvalue weighted by Crippen LogP contribution is -2.40. The van der Waals surface area contributed by atoms with Gasteiger partial charge >= 0.3 is 0 Å². The summed E-state index contributed by atoms with van der Waals surface area (Å²) in [5.74, 6) is 0.772. The second-order valence-corrected chi connectivity index (χ2v) is 6.70. The van der Waals surface area contributed by atoms with Crippen LogP contribution in [-0.2, 0) is 6.42 Å². The Morgan fingerprint density at radius 3 is 2.89 bits per heavy atom. The van der Waals surface area contributed by atoms with E-state index in [4.69, 9.17) is 5.73 Å². The summed E-state index contributed by atoms with van der Waals surface area (Å²) in [6.07, 6.45) is 3.80. The number of aromatic nitrogens is 1. The number of hydrogen-bond acceptors (Lipinski definition) is 4. The van der Waals surface area contributed by atoms with Crippen molar-refractivity contribution in [3.8, 4) is 0 Å². The molecule has 0 amide bonds. The topological polar surface area (TPSA) is 42.1 Å². The molecule has 0 bridgehead atoms. The minimum atomic E-state index is 0.0634. The van der Waals surface area contributed by atoms with E-state index in [2.05, 4.69) is 29.1 Å². The zero-order valence-electron chi connectivity index (χ0n) is 11.7. The summed E-state index contributed by atoms with van der Waals surface area (Å²) in [5, 5.41) is 3.38. The molecule has 2 unspecified atom stereocenters. The van der Waals surface area contributed by atoms with Crippen molar-refractivity contribution in [2.75, 3.05) is 13.1 Å². The van der Waals surface area contributed by atoms with E-state index in [1.165, 1.54) is 30.9 Å². The van der Waals surface area contributed by atoms with Crippen molar-refractivity contribution >= 4 is 11.3 Å². The molecular formula is C14H25N3S. The Kier molecular flexibility index (Phi) is 4.76. The van der Waals surface area contributed by atoms with E-state index in [9.17, 15) is 0 Å². The Morgan fingerprint density at radius 1 is 1.50 bits per heavy atom. The third-order valence-corrected chi connectivity index (χ3v) is 4.67. The van der Waals surface area contributed by atoms with Crippen molar-refractivity contribution in [3.05, 3.63) is 16.1 Å². The highest BCUT2D eigenvalue weighted by molar-refractivity contribution is 7.09. The van der Waals surface area contributed by atoms with Crippen LogP contribution in [0.5, 0.6) is 0 Å². The maximum absolute atomic E-state index is 5.86. The Morgan fingerprint density at radius 2 is 2.28 bits per heavy atom. The molecule has 0 saturated carbocycles. The van der Waals surface area contributed by atoms with Crippen molar-refractivity contribution < 1.29 is 0 Å². The molecule has 3 nitrogen and oxygen atoms in total. The molecule has 18 heavy (non-hydrogen) atoms. The molecule has 0 radical (unpaired) electrons. The van der Waals surface area contributed by atoms with Crippen molar-refractivity contribution in [1.29, 1.82) is 0 Å². The van der Waals surface area contributed by atoms with Gasteiger partial charge in [0.1, 0.15) is 0 Å². The van der Waals surface area contributed by atoms with Gasteiger partial charge in [-0.15, -0.1) is 11.3 Å². The lowest BCUT2D eigenvalue weighted by molar-refractivity contribution is 0.139. The molecule has 2 heterocycles. The Bertz CT molecular complexity index is 373. The molecule has 1 aliphatic rings. The second kappa shape index (κ2) is 6.13. The Hall–Kier alpha value is -0.450. The van der Waals surface area contributed by atoms with Gasteiger partial charge in [0.2, 0.25) is 0 Å². The van der Waals surface area contributed by atoms with Crippen LogP contribution in [0.2, 0.25) is 0 Å². The van der Waals surface area contributed by atoms with Crippen LogP contribution in [0.25, 0.3) is 0 Å². The van der Waals surface area contributed by atoms with E-state index in [1.54, 1.807) is 11.3 Å². The van der Waals surface area contributed by atoms with Crippen LogP contribution in [0.15, 0.2) is 5.38 Å². The number of rotatable bonds is 4. The molecule has 102 valence electrons. The summed E-state index contributed by atoms with van der Waals surface area (Å²) in [4.78, 5) is 7.24. The highest BCUT2D eigenvalue weighted by atomic mass is 32.1. The molecule has 1 aliphatic heterocycles. The van der Waals surface area contributed by atoms with Gasteiger partial charge in [0, 0.05) is 30.4 Å². The Balaban J connectivity index is 1.92. The summed E-state index contributed by atoms with van der Waals surface area (Å²) in [6, 6.07) is 0.734. The van der Waals surface area contributed by atoms with E-state index < -0.39 is 0 Å². The first-order chi connectivity index (χ1) is 8.56. The van der Waals surface area contributed by atoms with Gasteiger partial charge in [-0.3, -0.25) is 0 Å². The van der Waals surface area contributed by atoms with E-state index >= 15 is 0 Å². The third-order valence-electron chi connectivity index (χ3n) is 3.78. The van der Waals surface area contributed by atoms with Gasteiger partial charge in [-0.2, -0.15) is 0 Å². The van der Waals surface area contributed by atoms with Crippen LogP contribution >= 0.6 is 11.3 Å². The van der Waals surface area contributed by atoms with Gasteiger partial charge in [0.05, 0.1) is 10.7 Å². The number of hydrogen-bond donors (Lipinski definition) is 1. The average molecular weight is 267 g/mol. The van der Waals surface area contributed by atoms with Gasteiger partial charge in [-0.25, -0.2) is 4.98 Å². The van der Waals surface area contributed by atoms with Crippen molar-refractivity contribution in [2.24, 2.45) is 11.7 Å². The molecule has 1 aromatic heterocycles. The maximum Gasteiger partial charge on any atom is 0.0932 e. The number of nitrogens with zero attached hydrogens (tertiary/aromatic N) is 2. The standard InChI is InChI=1S/C14H25N3S/c1-10(2)17-6-4-5-12(8-17)7-14-16-13(9-18-14)11(3)15/h9-12H,4-8,15H2,1-3H3. The molecule has 4 heteroatoms.